The molecule has 0 spiro atoms. The van der Waals surface area contributed by atoms with Gasteiger partial charge in [0.25, 0.3) is 0 Å². The van der Waals surface area contributed by atoms with E-state index in [1.807, 2.05) is 17.7 Å². The van der Waals surface area contributed by atoms with E-state index in [1.165, 1.54) is 18.2 Å². The molecule has 0 bridgehead atoms. The summed E-state index contributed by atoms with van der Waals surface area (Å²) in [5.41, 5.74) is 5.97. The third kappa shape index (κ3) is 3.57. The first-order chi connectivity index (χ1) is 9.56. The molecule has 0 aliphatic carbocycles. The second-order valence-electron chi connectivity index (χ2n) is 4.56. The minimum absolute atomic E-state index is 0.0249. The van der Waals surface area contributed by atoms with Gasteiger partial charge >= 0.3 is 0 Å². The lowest BCUT2D eigenvalue weighted by Gasteiger charge is -2.07. The zero-order chi connectivity index (χ0) is 14.5. The first-order valence-corrected chi connectivity index (χ1v) is 6.39. The van der Waals surface area contributed by atoms with Crippen molar-refractivity contribution in [3.63, 3.8) is 0 Å². The maximum atomic E-state index is 13.0. The van der Waals surface area contributed by atoms with Gasteiger partial charge in [0, 0.05) is 31.0 Å². The molecule has 0 fully saturated rings. The van der Waals surface area contributed by atoms with Gasteiger partial charge in [-0.2, -0.15) is 0 Å². The van der Waals surface area contributed by atoms with Crippen LogP contribution in [0.25, 0.3) is 0 Å². The van der Waals surface area contributed by atoms with Crippen molar-refractivity contribution in [3.05, 3.63) is 42.2 Å². The van der Waals surface area contributed by atoms with Gasteiger partial charge in [-0.3, -0.25) is 4.79 Å². The van der Waals surface area contributed by atoms with Crippen LogP contribution in [0.2, 0.25) is 0 Å². The fraction of sp³-hybridized carbons (Fsp3) is 0.286. The van der Waals surface area contributed by atoms with Crippen LogP contribution >= 0.6 is 0 Å². The van der Waals surface area contributed by atoms with E-state index in [0.717, 1.165) is 12.4 Å². The van der Waals surface area contributed by atoms with Gasteiger partial charge < -0.3 is 15.6 Å². The number of imidazole rings is 1. The molecule has 2 aromatic rings. The Morgan fingerprint density at radius 2 is 2.30 bits per heavy atom. The molecule has 6 heteroatoms. The Kier molecular flexibility index (Phi) is 4.34. The van der Waals surface area contributed by atoms with Crippen molar-refractivity contribution in [1.82, 2.24) is 9.55 Å². The van der Waals surface area contributed by atoms with E-state index < -0.39 is 5.82 Å². The number of aryl methyl sites for hydroxylation is 2. The Hall–Kier alpha value is -2.37. The van der Waals surface area contributed by atoms with Crippen molar-refractivity contribution in [2.24, 2.45) is 0 Å². The molecule has 0 aliphatic heterocycles. The molecule has 0 saturated heterocycles. The summed E-state index contributed by atoms with van der Waals surface area (Å²) >= 11 is 0. The summed E-state index contributed by atoms with van der Waals surface area (Å²) in [5, 5.41) is 2.69. The van der Waals surface area contributed by atoms with Gasteiger partial charge in [-0.1, -0.05) is 0 Å². The highest BCUT2D eigenvalue weighted by molar-refractivity contribution is 5.91. The lowest BCUT2D eigenvalue weighted by Crippen LogP contribution is -2.13. The van der Waals surface area contributed by atoms with Gasteiger partial charge in [-0.25, -0.2) is 9.37 Å². The number of carbonyl (C=O) groups is 1. The lowest BCUT2D eigenvalue weighted by molar-refractivity contribution is -0.116. The van der Waals surface area contributed by atoms with Crippen molar-refractivity contribution >= 4 is 17.3 Å². The molecule has 2 rings (SSSR count). The highest BCUT2D eigenvalue weighted by Crippen LogP contribution is 2.16. The Labute approximate surface area is 116 Å². The van der Waals surface area contributed by atoms with Gasteiger partial charge in [-0.15, -0.1) is 0 Å². The van der Waals surface area contributed by atoms with E-state index in [9.17, 15) is 9.18 Å². The number of amides is 1. The minimum Gasteiger partial charge on any atom is -0.396 e. The molecular formula is C14H17FN4O. The van der Waals surface area contributed by atoms with Gasteiger partial charge in [0.2, 0.25) is 5.91 Å². The molecule has 0 radical (unpaired) electrons. The number of nitrogens with two attached hydrogens (primary N) is 1. The fourth-order valence-corrected chi connectivity index (χ4v) is 1.89. The number of nitrogens with zero attached hydrogens (tertiary/aromatic N) is 2. The van der Waals surface area contributed by atoms with E-state index in [4.69, 9.17) is 5.73 Å². The molecular weight excluding hydrogens is 259 g/mol. The number of benzene rings is 1. The standard InChI is InChI=1S/C14H17FN4O/c1-10-17-6-8-19(10)7-2-3-14(20)18-11-4-5-12(15)13(16)9-11/h4-6,8-9H,2-3,7,16H2,1H3,(H,18,20). The molecule has 1 heterocycles. The van der Waals surface area contributed by atoms with E-state index in [2.05, 4.69) is 10.3 Å². The van der Waals surface area contributed by atoms with Gasteiger partial charge in [0.05, 0.1) is 5.69 Å². The average Bonchev–Trinajstić information content (AvgIpc) is 2.80. The number of hydrogen-bond acceptors (Lipinski definition) is 3. The summed E-state index contributed by atoms with van der Waals surface area (Å²) in [6.07, 6.45) is 4.71. The normalized spacial score (nSPS) is 10.5. The number of carbonyl (C=O) groups excluding carboxylic acids is 1. The van der Waals surface area contributed by atoms with Crippen LogP contribution in [-0.4, -0.2) is 15.5 Å². The number of rotatable bonds is 5. The molecule has 106 valence electrons. The molecule has 0 aliphatic rings. The first-order valence-electron chi connectivity index (χ1n) is 6.39. The Balaban J connectivity index is 1.80. The van der Waals surface area contributed by atoms with E-state index in [-0.39, 0.29) is 11.6 Å². The van der Waals surface area contributed by atoms with Crippen molar-refractivity contribution in [1.29, 1.82) is 0 Å². The summed E-state index contributed by atoms with van der Waals surface area (Å²) < 4.78 is 15.0. The van der Waals surface area contributed by atoms with Crippen molar-refractivity contribution in [2.75, 3.05) is 11.1 Å². The maximum absolute atomic E-state index is 13.0. The quantitative estimate of drug-likeness (QED) is 0.823. The molecule has 0 atom stereocenters. The minimum atomic E-state index is -0.487. The third-order valence-corrected chi connectivity index (χ3v) is 3.01. The fourth-order valence-electron chi connectivity index (χ4n) is 1.89. The first kappa shape index (κ1) is 14.0. The predicted octanol–water partition coefficient (Wildman–Crippen LogP) is 2.33. The number of nitrogens with one attached hydrogen (secondary N) is 1. The zero-order valence-electron chi connectivity index (χ0n) is 11.3. The van der Waals surface area contributed by atoms with E-state index in [1.54, 1.807) is 6.20 Å². The number of aromatic nitrogens is 2. The topological polar surface area (TPSA) is 72.9 Å². The number of halogens is 1. The SMILES string of the molecule is Cc1nccn1CCCC(=O)Nc1ccc(F)c(N)c1. The van der Waals surface area contributed by atoms with Crippen LogP contribution in [0.4, 0.5) is 15.8 Å². The van der Waals surface area contributed by atoms with Crippen LogP contribution in [-0.2, 0) is 11.3 Å². The second kappa shape index (κ2) is 6.18. The number of hydrogen-bond donors (Lipinski definition) is 2. The molecule has 1 aromatic heterocycles. The van der Waals surface area contributed by atoms with Crippen LogP contribution in [0.1, 0.15) is 18.7 Å². The van der Waals surface area contributed by atoms with Crippen LogP contribution in [0.5, 0.6) is 0 Å². The van der Waals surface area contributed by atoms with Gasteiger partial charge in [0.1, 0.15) is 11.6 Å². The van der Waals surface area contributed by atoms with Crippen LogP contribution < -0.4 is 11.1 Å². The van der Waals surface area contributed by atoms with E-state index >= 15 is 0 Å². The van der Waals surface area contributed by atoms with Gasteiger partial charge in [-0.05, 0) is 31.5 Å². The van der Waals surface area contributed by atoms with E-state index in [0.29, 0.717) is 18.5 Å². The Morgan fingerprint density at radius 3 is 2.95 bits per heavy atom. The predicted molar refractivity (Wildman–Crippen MR) is 75.6 cm³/mol. The van der Waals surface area contributed by atoms with Crippen LogP contribution in [0.3, 0.4) is 0 Å². The summed E-state index contributed by atoms with van der Waals surface area (Å²) in [4.78, 5) is 15.9. The molecule has 5 nitrogen and oxygen atoms in total. The lowest BCUT2D eigenvalue weighted by atomic mass is 10.2. The monoisotopic (exact) mass is 276 g/mol. The molecule has 1 aromatic carbocycles. The highest BCUT2D eigenvalue weighted by Gasteiger charge is 2.05. The maximum Gasteiger partial charge on any atom is 0.224 e. The summed E-state index contributed by atoms with van der Waals surface area (Å²) in [6, 6.07) is 4.14. The largest absolute Gasteiger partial charge is 0.396 e. The smallest absolute Gasteiger partial charge is 0.224 e. The van der Waals surface area contributed by atoms with Gasteiger partial charge in [0.15, 0.2) is 0 Å². The van der Waals surface area contributed by atoms with Crippen molar-refractivity contribution in [3.8, 4) is 0 Å². The van der Waals surface area contributed by atoms with Crippen LogP contribution in [0, 0.1) is 12.7 Å². The molecule has 0 unspecified atom stereocenters. The van der Waals surface area contributed by atoms with Crippen LogP contribution in [0.15, 0.2) is 30.6 Å². The summed E-state index contributed by atoms with van der Waals surface area (Å²) in [7, 11) is 0. The Morgan fingerprint density at radius 1 is 1.50 bits per heavy atom. The second-order valence-corrected chi connectivity index (χ2v) is 4.56. The summed E-state index contributed by atoms with van der Waals surface area (Å²) in [6.45, 7) is 2.66. The van der Waals surface area contributed by atoms with Crippen molar-refractivity contribution in [2.45, 2.75) is 26.3 Å². The number of nitrogen functional groups attached to an aromatic ring is 1. The third-order valence-electron chi connectivity index (χ3n) is 3.01. The highest BCUT2D eigenvalue weighted by atomic mass is 19.1. The zero-order valence-corrected chi connectivity index (χ0v) is 11.3. The summed E-state index contributed by atoms with van der Waals surface area (Å²) in [5.74, 6) is 0.323. The molecule has 3 N–H and O–H groups in total. The Bertz CT molecular complexity index is 609. The number of anilines is 2. The van der Waals surface area contributed by atoms with Crippen molar-refractivity contribution < 1.29 is 9.18 Å². The molecule has 0 saturated carbocycles. The average molecular weight is 276 g/mol. The molecule has 1 amide bonds. The molecule has 20 heavy (non-hydrogen) atoms.